The third-order valence-corrected chi connectivity index (χ3v) is 2.54. The number of benzene rings is 1. The van der Waals surface area contributed by atoms with Crippen LogP contribution in [0.3, 0.4) is 0 Å². The van der Waals surface area contributed by atoms with Gasteiger partial charge in [0, 0.05) is 13.0 Å². The Hall–Kier alpha value is -1.04. The van der Waals surface area contributed by atoms with E-state index in [0.29, 0.717) is 6.54 Å². The van der Waals surface area contributed by atoms with Gasteiger partial charge in [-0.05, 0) is 37.1 Å². The SMILES string of the molecule is C#CCCCCNCc1ccc(Cl)c(F)c1. The molecule has 16 heavy (non-hydrogen) atoms. The van der Waals surface area contributed by atoms with E-state index in [0.717, 1.165) is 31.4 Å². The first-order valence-electron chi connectivity index (χ1n) is 5.32. The van der Waals surface area contributed by atoms with E-state index in [2.05, 4.69) is 11.2 Å². The maximum Gasteiger partial charge on any atom is 0.142 e. The van der Waals surface area contributed by atoms with Crippen LogP contribution in [0.2, 0.25) is 5.02 Å². The van der Waals surface area contributed by atoms with E-state index in [1.165, 1.54) is 6.07 Å². The Morgan fingerprint density at radius 3 is 2.88 bits per heavy atom. The topological polar surface area (TPSA) is 12.0 Å². The van der Waals surface area contributed by atoms with Gasteiger partial charge < -0.3 is 5.32 Å². The molecule has 0 aromatic heterocycles. The standard InChI is InChI=1S/C13H15ClFN/c1-2-3-4-5-8-16-10-11-6-7-12(14)13(15)9-11/h1,6-7,9,16H,3-5,8,10H2. The molecule has 0 radical (unpaired) electrons. The highest BCUT2D eigenvalue weighted by Gasteiger charge is 2.00. The van der Waals surface area contributed by atoms with Crippen LogP contribution < -0.4 is 5.32 Å². The summed E-state index contributed by atoms with van der Waals surface area (Å²) in [4.78, 5) is 0. The average molecular weight is 240 g/mol. The number of rotatable bonds is 6. The third kappa shape index (κ3) is 4.65. The van der Waals surface area contributed by atoms with E-state index < -0.39 is 0 Å². The van der Waals surface area contributed by atoms with E-state index in [1.807, 2.05) is 6.07 Å². The Morgan fingerprint density at radius 1 is 1.38 bits per heavy atom. The zero-order chi connectivity index (χ0) is 11.8. The fourth-order valence-corrected chi connectivity index (χ4v) is 1.48. The summed E-state index contributed by atoms with van der Waals surface area (Å²) >= 11 is 5.58. The predicted octanol–water partition coefficient (Wildman–Crippen LogP) is 3.37. The Kier molecular flexibility index (Phi) is 5.92. The van der Waals surface area contributed by atoms with Gasteiger partial charge in [-0.25, -0.2) is 4.39 Å². The summed E-state index contributed by atoms with van der Waals surface area (Å²) in [6, 6.07) is 4.85. The van der Waals surface area contributed by atoms with Crippen molar-refractivity contribution in [2.24, 2.45) is 0 Å². The molecule has 0 bridgehead atoms. The Balaban J connectivity index is 2.22. The molecule has 0 aliphatic heterocycles. The Morgan fingerprint density at radius 2 is 2.19 bits per heavy atom. The van der Waals surface area contributed by atoms with Gasteiger partial charge in [0.15, 0.2) is 0 Å². The third-order valence-electron chi connectivity index (χ3n) is 2.24. The van der Waals surface area contributed by atoms with Crippen molar-refractivity contribution in [3.8, 4) is 12.3 Å². The van der Waals surface area contributed by atoms with Gasteiger partial charge >= 0.3 is 0 Å². The zero-order valence-electron chi connectivity index (χ0n) is 9.10. The lowest BCUT2D eigenvalue weighted by Crippen LogP contribution is -2.14. The molecule has 1 rings (SSSR count). The summed E-state index contributed by atoms with van der Waals surface area (Å²) in [6.07, 6.45) is 8.03. The molecular weight excluding hydrogens is 225 g/mol. The maximum atomic E-state index is 13.1. The van der Waals surface area contributed by atoms with Crippen LogP contribution in [0.4, 0.5) is 4.39 Å². The number of hydrogen-bond donors (Lipinski definition) is 1. The van der Waals surface area contributed by atoms with Crippen molar-refractivity contribution in [2.75, 3.05) is 6.54 Å². The molecule has 86 valence electrons. The van der Waals surface area contributed by atoms with E-state index in [4.69, 9.17) is 18.0 Å². The van der Waals surface area contributed by atoms with Crippen LogP contribution in [0.15, 0.2) is 18.2 Å². The van der Waals surface area contributed by atoms with Crippen molar-refractivity contribution in [1.82, 2.24) is 5.32 Å². The van der Waals surface area contributed by atoms with Crippen molar-refractivity contribution in [2.45, 2.75) is 25.8 Å². The average Bonchev–Trinajstić information content (AvgIpc) is 2.28. The highest BCUT2D eigenvalue weighted by atomic mass is 35.5. The number of halogens is 2. The second-order valence-corrected chi connectivity index (χ2v) is 3.99. The van der Waals surface area contributed by atoms with Crippen molar-refractivity contribution in [3.63, 3.8) is 0 Å². The molecule has 0 atom stereocenters. The molecule has 0 saturated heterocycles. The molecule has 0 aliphatic rings. The molecule has 0 saturated carbocycles. The Bertz CT molecular complexity index is 371. The van der Waals surface area contributed by atoms with Crippen molar-refractivity contribution < 1.29 is 4.39 Å². The fraction of sp³-hybridized carbons (Fsp3) is 0.385. The minimum atomic E-state index is -0.367. The second kappa shape index (κ2) is 7.27. The molecule has 1 N–H and O–H groups in total. The molecule has 0 fully saturated rings. The minimum Gasteiger partial charge on any atom is -0.313 e. The van der Waals surface area contributed by atoms with Gasteiger partial charge in [0.25, 0.3) is 0 Å². The van der Waals surface area contributed by atoms with Gasteiger partial charge in [-0.15, -0.1) is 12.3 Å². The first-order valence-corrected chi connectivity index (χ1v) is 5.70. The lowest BCUT2D eigenvalue weighted by Gasteiger charge is -2.04. The zero-order valence-corrected chi connectivity index (χ0v) is 9.86. The highest BCUT2D eigenvalue weighted by Crippen LogP contribution is 2.15. The smallest absolute Gasteiger partial charge is 0.142 e. The van der Waals surface area contributed by atoms with E-state index >= 15 is 0 Å². The second-order valence-electron chi connectivity index (χ2n) is 3.59. The summed E-state index contributed by atoms with van der Waals surface area (Å²) in [7, 11) is 0. The molecule has 1 aromatic carbocycles. The van der Waals surface area contributed by atoms with E-state index in [1.54, 1.807) is 6.07 Å². The van der Waals surface area contributed by atoms with E-state index in [-0.39, 0.29) is 10.8 Å². The van der Waals surface area contributed by atoms with Crippen LogP contribution in [-0.2, 0) is 6.54 Å². The number of terminal acetylenes is 1. The van der Waals surface area contributed by atoms with Gasteiger partial charge in [-0.2, -0.15) is 0 Å². The summed E-state index contributed by atoms with van der Waals surface area (Å²) < 4.78 is 13.1. The van der Waals surface area contributed by atoms with Gasteiger partial charge in [0.2, 0.25) is 0 Å². The van der Waals surface area contributed by atoms with Gasteiger partial charge in [0.05, 0.1) is 5.02 Å². The summed E-state index contributed by atoms with van der Waals surface area (Å²) in [5, 5.41) is 3.39. The van der Waals surface area contributed by atoms with Crippen LogP contribution >= 0.6 is 11.6 Å². The normalized spacial score (nSPS) is 10.1. The molecule has 3 heteroatoms. The lowest BCUT2D eigenvalue weighted by molar-refractivity contribution is 0.611. The molecule has 0 amide bonds. The number of hydrogen-bond acceptors (Lipinski definition) is 1. The van der Waals surface area contributed by atoms with Crippen molar-refractivity contribution in [1.29, 1.82) is 0 Å². The molecular formula is C13H15ClFN. The molecule has 1 nitrogen and oxygen atoms in total. The van der Waals surface area contributed by atoms with Gasteiger partial charge in [0.1, 0.15) is 5.82 Å². The van der Waals surface area contributed by atoms with Crippen molar-refractivity contribution in [3.05, 3.63) is 34.6 Å². The van der Waals surface area contributed by atoms with Crippen LogP contribution in [-0.4, -0.2) is 6.54 Å². The molecule has 0 heterocycles. The van der Waals surface area contributed by atoms with Crippen LogP contribution in [0, 0.1) is 18.2 Å². The first-order chi connectivity index (χ1) is 7.74. The van der Waals surface area contributed by atoms with Crippen LogP contribution in [0.1, 0.15) is 24.8 Å². The molecule has 1 aromatic rings. The lowest BCUT2D eigenvalue weighted by atomic mass is 10.2. The van der Waals surface area contributed by atoms with Crippen molar-refractivity contribution >= 4 is 11.6 Å². The number of nitrogens with one attached hydrogen (secondary N) is 1. The molecule has 0 aliphatic carbocycles. The summed E-state index contributed by atoms with van der Waals surface area (Å²) in [5.41, 5.74) is 0.902. The number of unbranched alkanes of at least 4 members (excludes halogenated alkanes) is 2. The van der Waals surface area contributed by atoms with Gasteiger partial charge in [-0.1, -0.05) is 17.7 Å². The Labute approximate surface area is 101 Å². The fourth-order valence-electron chi connectivity index (χ4n) is 1.36. The summed E-state index contributed by atoms with van der Waals surface area (Å²) in [6.45, 7) is 1.55. The highest BCUT2D eigenvalue weighted by molar-refractivity contribution is 6.30. The van der Waals surface area contributed by atoms with Crippen LogP contribution in [0.5, 0.6) is 0 Å². The minimum absolute atomic E-state index is 0.165. The summed E-state index contributed by atoms with van der Waals surface area (Å²) in [5.74, 6) is 2.23. The van der Waals surface area contributed by atoms with E-state index in [9.17, 15) is 4.39 Å². The van der Waals surface area contributed by atoms with Crippen LogP contribution in [0.25, 0.3) is 0 Å². The van der Waals surface area contributed by atoms with Gasteiger partial charge in [-0.3, -0.25) is 0 Å². The molecule has 0 spiro atoms. The molecule has 0 unspecified atom stereocenters. The largest absolute Gasteiger partial charge is 0.313 e. The predicted molar refractivity (Wildman–Crippen MR) is 65.8 cm³/mol. The quantitative estimate of drug-likeness (QED) is 0.593. The monoisotopic (exact) mass is 239 g/mol. The maximum absolute atomic E-state index is 13.1. The first kappa shape index (κ1) is 13.0.